The van der Waals surface area contributed by atoms with E-state index in [1.54, 1.807) is 0 Å². The van der Waals surface area contributed by atoms with E-state index in [4.69, 9.17) is 24.0 Å². The minimum Gasteiger partial charge on any atom is -0.435 e. The van der Waals surface area contributed by atoms with Crippen LogP contribution in [0.2, 0.25) is 0 Å². The maximum atomic E-state index is 12.7. The van der Waals surface area contributed by atoms with Crippen molar-refractivity contribution in [2.24, 2.45) is 29.6 Å². The summed E-state index contributed by atoms with van der Waals surface area (Å²) in [5, 5.41) is 2.99. The molecule has 2 saturated carbocycles. The van der Waals surface area contributed by atoms with Gasteiger partial charge in [-0.25, -0.2) is 9.78 Å². The third-order valence-electron chi connectivity index (χ3n) is 9.21. The smallest absolute Gasteiger partial charge is 0.308 e. The van der Waals surface area contributed by atoms with Gasteiger partial charge >= 0.3 is 5.97 Å². The molecule has 0 aromatic rings. The second-order valence-electron chi connectivity index (χ2n) is 11.6. The predicted octanol–water partition coefficient (Wildman–Crippen LogP) is 4.21. The van der Waals surface area contributed by atoms with E-state index >= 15 is 0 Å². The van der Waals surface area contributed by atoms with Gasteiger partial charge in [-0.2, -0.15) is 0 Å². The molecule has 4 saturated heterocycles. The van der Waals surface area contributed by atoms with Crippen LogP contribution in [0, 0.1) is 29.6 Å². The largest absolute Gasteiger partial charge is 0.435 e. The Balaban J connectivity index is 1.18. The third-order valence-corrected chi connectivity index (χ3v) is 9.21. The quantitative estimate of drug-likeness (QED) is 0.450. The van der Waals surface area contributed by atoms with Gasteiger partial charge in [0.2, 0.25) is 18.0 Å². The van der Waals surface area contributed by atoms with Gasteiger partial charge in [-0.3, -0.25) is 9.59 Å². The Bertz CT molecular complexity index is 770. The van der Waals surface area contributed by atoms with Crippen molar-refractivity contribution >= 4 is 11.9 Å². The number of hydrogen-bond donors (Lipinski definition) is 1. The summed E-state index contributed by atoms with van der Waals surface area (Å²) in [6, 6.07) is 0. The van der Waals surface area contributed by atoms with Crippen LogP contribution in [-0.4, -0.2) is 42.4 Å². The zero-order valence-corrected chi connectivity index (χ0v) is 20.9. The van der Waals surface area contributed by atoms with Crippen LogP contribution in [0.1, 0.15) is 91.4 Å². The van der Waals surface area contributed by atoms with Crippen molar-refractivity contribution in [1.29, 1.82) is 0 Å². The van der Waals surface area contributed by atoms with Gasteiger partial charge < -0.3 is 19.5 Å². The lowest BCUT2D eigenvalue weighted by molar-refractivity contribution is -0.576. The predicted molar refractivity (Wildman–Crippen MR) is 122 cm³/mol. The number of esters is 1. The Kier molecular flexibility index (Phi) is 6.97. The van der Waals surface area contributed by atoms with E-state index in [1.807, 2.05) is 6.92 Å². The Hall–Kier alpha value is -1.22. The fraction of sp³-hybridized carbons (Fsp3) is 0.923. The van der Waals surface area contributed by atoms with Gasteiger partial charge in [0.25, 0.3) is 0 Å². The molecule has 1 amide bonds. The second kappa shape index (κ2) is 9.68. The average Bonchev–Trinajstić information content (AvgIpc) is 3.06. The zero-order chi connectivity index (χ0) is 23.9. The number of carbonyl (C=O) groups is 2. The Labute approximate surface area is 202 Å². The van der Waals surface area contributed by atoms with Crippen LogP contribution in [0.15, 0.2) is 0 Å². The summed E-state index contributed by atoms with van der Waals surface area (Å²) in [6.45, 7) is 6.91. The van der Waals surface area contributed by atoms with E-state index in [1.165, 1.54) is 32.1 Å². The number of rotatable bonds is 6. The summed E-state index contributed by atoms with van der Waals surface area (Å²) >= 11 is 0. The van der Waals surface area contributed by atoms with Crippen molar-refractivity contribution in [3.05, 3.63) is 0 Å². The molecular weight excluding hydrogens is 438 g/mol. The summed E-state index contributed by atoms with van der Waals surface area (Å²) in [5.74, 6) is -0.00556. The Morgan fingerprint density at radius 1 is 0.971 bits per heavy atom. The van der Waals surface area contributed by atoms with Gasteiger partial charge in [-0.15, -0.1) is 0 Å². The van der Waals surface area contributed by atoms with Gasteiger partial charge in [-0.05, 0) is 56.8 Å². The highest BCUT2D eigenvalue weighted by Crippen LogP contribution is 2.60. The lowest BCUT2D eigenvalue weighted by Crippen LogP contribution is -2.70. The molecular formula is C26H41NO7. The van der Waals surface area contributed by atoms with Gasteiger partial charge in [0.15, 0.2) is 11.9 Å². The van der Waals surface area contributed by atoms with E-state index in [0.717, 1.165) is 25.7 Å². The monoisotopic (exact) mass is 479 g/mol. The number of fused-ring (bicyclic) bond motifs is 2. The van der Waals surface area contributed by atoms with Gasteiger partial charge in [0.1, 0.15) is 0 Å². The third kappa shape index (κ3) is 4.51. The first-order chi connectivity index (χ1) is 16.3. The number of carbonyl (C=O) groups excluding carboxylic acids is 2. The molecule has 2 aliphatic carbocycles. The molecule has 192 valence electrons. The van der Waals surface area contributed by atoms with Crippen LogP contribution in [0.3, 0.4) is 0 Å². The van der Waals surface area contributed by atoms with Crippen molar-refractivity contribution in [3.63, 3.8) is 0 Å². The SMILES string of the molecule is CC1CCC2C(C)[C@H](OC(=O)CCC(=O)NCC3CCCCC3)O[C@@H]3O[C@@]4(C)CCC1[C@@]23OO4. The molecule has 0 aromatic carbocycles. The topological polar surface area (TPSA) is 92.3 Å². The number of amides is 1. The average molecular weight is 480 g/mol. The van der Waals surface area contributed by atoms with Crippen molar-refractivity contribution < 1.29 is 33.6 Å². The van der Waals surface area contributed by atoms with E-state index in [2.05, 4.69) is 19.2 Å². The van der Waals surface area contributed by atoms with Crippen LogP contribution >= 0.6 is 0 Å². The van der Waals surface area contributed by atoms with Crippen LogP contribution in [0.5, 0.6) is 0 Å². The molecule has 1 spiro atoms. The minimum atomic E-state index is -0.858. The molecule has 2 bridgehead atoms. The van der Waals surface area contributed by atoms with Crippen molar-refractivity contribution in [2.45, 2.75) is 115 Å². The standard InChI is InChI=1S/C26H41NO7/c1-16-9-10-20-17(2)23(31-24-26(20)19(16)13-14-25(3,32-24)33-34-26)30-22(29)12-11-21(28)27-15-18-7-5-4-6-8-18/h16-20,23-24H,4-15H2,1-3H3,(H,27,28)/t16?,17?,19?,20?,23-,24-,25-,26-/m1/s1. The molecule has 4 aliphatic heterocycles. The van der Waals surface area contributed by atoms with Crippen molar-refractivity contribution in [3.8, 4) is 0 Å². The van der Waals surface area contributed by atoms with Gasteiger partial charge in [-0.1, -0.05) is 33.1 Å². The van der Waals surface area contributed by atoms with E-state index in [9.17, 15) is 9.59 Å². The first-order valence-corrected chi connectivity index (χ1v) is 13.5. The zero-order valence-electron chi connectivity index (χ0n) is 20.9. The molecule has 8 atom stereocenters. The fourth-order valence-electron chi connectivity index (χ4n) is 7.15. The van der Waals surface area contributed by atoms with Crippen molar-refractivity contribution in [2.75, 3.05) is 6.54 Å². The molecule has 0 aromatic heterocycles. The van der Waals surface area contributed by atoms with E-state index < -0.39 is 29.9 Å². The Morgan fingerprint density at radius 3 is 2.56 bits per heavy atom. The fourth-order valence-corrected chi connectivity index (χ4v) is 7.15. The molecule has 8 heteroatoms. The maximum absolute atomic E-state index is 12.7. The summed E-state index contributed by atoms with van der Waals surface area (Å²) in [7, 11) is 0. The summed E-state index contributed by atoms with van der Waals surface area (Å²) < 4.78 is 18.4. The highest BCUT2D eigenvalue weighted by atomic mass is 17.3. The van der Waals surface area contributed by atoms with E-state index in [0.29, 0.717) is 18.4 Å². The molecule has 0 radical (unpaired) electrons. The lowest BCUT2D eigenvalue weighted by Gasteiger charge is -2.59. The highest BCUT2D eigenvalue weighted by molar-refractivity contribution is 5.81. The summed E-state index contributed by atoms with van der Waals surface area (Å²) in [6.07, 6.45) is 8.70. The summed E-state index contributed by atoms with van der Waals surface area (Å²) in [4.78, 5) is 36.9. The Morgan fingerprint density at radius 2 is 1.76 bits per heavy atom. The molecule has 4 heterocycles. The number of nitrogens with one attached hydrogen (secondary N) is 1. The number of hydrogen-bond acceptors (Lipinski definition) is 7. The van der Waals surface area contributed by atoms with E-state index in [-0.39, 0.29) is 36.5 Å². The normalized spacial score (nSPS) is 44.1. The minimum absolute atomic E-state index is 0.0431. The first-order valence-electron chi connectivity index (χ1n) is 13.5. The maximum Gasteiger partial charge on any atom is 0.308 e. The molecule has 4 unspecified atom stereocenters. The molecule has 6 rings (SSSR count). The lowest BCUT2D eigenvalue weighted by atomic mass is 9.58. The van der Waals surface area contributed by atoms with Gasteiger partial charge in [0.05, 0.1) is 6.42 Å². The van der Waals surface area contributed by atoms with Crippen LogP contribution in [0.4, 0.5) is 0 Å². The number of ether oxygens (including phenoxy) is 3. The molecule has 1 N–H and O–H groups in total. The molecule has 6 aliphatic rings. The summed E-state index contributed by atoms with van der Waals surface area (Å²) in [5.41, 5.74) is -0.672. The molecule has 34 heavy (non-hydrogen) atoms. The molecule has 6 fully saturated rings. The van der Waals surface area contributed by atoms with Crippen LogP contribution in [-0.2, 0) is 33.6 Å². The molecule has 8 nitrogen and oxygen atoms in total. The second-order valence-corrected chi connectivity index (χ2v) is 11.6. The highest BCUT2D eigenvalue weighted by Gasteiger charge is 2.69. The van der Waals surface area contributed by atoms with Crippen LogP contribution < -0.4 is 5.32 Å². The van der Waals surface area contributed by atoms with Crippen LogP contribution in [0.25, 0.3) is 0 Å². The first kappa shape index (κ1) is 24.5. The van der Waals surface area contributed by atoms with Gasteiger partial charge in [0, 0.05) is 31.2 Å². The van der Waals surface area contributed by atoms with Crippen molar-refractivity contribution in [1.82, 2.24) is 5.32 Å².